The molecule has 1 aromatic carbocycles. The number of nitriles is 1. The third-order valence-corrected chi connectivity index (χ3v) is 5.41. The minimum Gasteiger partial charge on any atom is -0.497 e. The standard InChI is InChI=1S/C19H21N3O2/c1-23-14-7-13(8-15(10-14)24-2)12-3-4-16-17(9-12)21-22-18(16)19(11-20)5-6-19/h7-8,10,12H,3-6,9H2,1-2H3,(H,21,22). The highest BCUT2D eigenvalue weighted by Crippen LogP contribution is 2.49. The van der Waals surface area contributed by atoms with Gasteiger partial charge in [0.25, 0.3) is 0 Å². The number of hydrogen-bond acceptors (Lipinski definition) is 4. The summed E-state index contributed by atoms with van der Waals surface area (Å²) in [5.41, 5.74) is 4.39. The minimum absolute atomic E-state index is 0.309. The van der Waals surface area contributed by atoms with Crippen molar-refractivity contribution in [1.82, 2.24) is 10.2 Å². The molecular weight excluding hydrogens is 302 g/mol. The Morgan fingerprint density at radius 2 is 1.92 bits per heavy atom. The maximum absolute atomic E-state index is 9.44. The molecule has 124 valence electrons. The second-order valence-electron chi connectivity index (χ2n) is 6.81. The van der Waals surface area contributed by atoms with Crippen molar-refractivity contribution < 1.29 is 9.47 Å². The smallest absolute Gasteiger partial charge is 0.122 e. The SMILES string of the molecule is COc1cc(OC)cc(C2CCc3c(C4(C#N)CC4)n[nH]c3C2)c1. The van der Waals surface area contributed by atoms with Crippen molar-refractivity contribution in [1.29, 1.82) is 5.26 Å². The first-order chi connectivity index (χ1) is 11.7. The Balaban J connectivity index is 1.63. The number of methoxy groups -OCH3 is 2. The molecule has 0 saturated heterocycles. The molecule has 1 fully saturated rings. The lowest BCUT2D eigenvalue weighted by molar-refractivity contribution is 0.392. The fourth-order valence-corrected chi connectivity index (χ4v) is 3.78. The lowest BCUT2D eigenvalue weighted by Gasteiger charge is -2.24. The molecule has 2 aliphatic rings. The fraction of sp³-hybridized carbons (Fsp3) is 0.474. The van der Waals surface area contributed by atoms with E-state index >= 15 is 0 Å². The van der Waals surface area contributed by atoms with Gasteiger partial charge >= 0.3 is 0 Å². The first-order valence-electron chi connectivity index (χ1n) is 8.40. The van der Waals surface area contributed by atoms with Crippen LogP contribution in [0.15, 0.2) is 18.2 Å². The number of nitrogens with zero attached hydrogens (tertiary/aromatic N) is 2. The van der Waals surface area contributed by atoms with E-state index in [2.05, 4.69) is 28.4 Å². The molecule has 2 aromatic rings. The normalized spacial score (nSPS) is 20.8. The molecule has 1 N–H and O–H groups in total. The first kappa shape index (κ1) is 15.1. The van der Waals surface area contributed by atoms with Crippen LogP contribution in [-0.4, -0.2) is 24.4 Å². The van der Waals surface area contributed by atoms with E-state index < -0.39 is 0 Å². The van der Waals surface area contributed by atoms with Crippen LogP contribution < -0.4 is 9.47 Å². The Morgan fingerprint density at radius 3 is 2.50 bits per heavy atom. The second kappa shape index (κ2) is 5.55. The molecule has 0 radical (unpaired) electrons. The van der Waals surface area contributed by atoms with Gasteiger partial charge in [0, 0.05) is 11.8 Å². The third-order valence-electron chi connectivity index (χ3n) is 5.41. The van der Waals surface area contributed by atoms with E-state index in [1.165, 1.54) is 16.8 Å². The monoisotopic (exact) mass is 323 g/mol. The Morgan fingerprint density at radius 1 is 1.21 bits per heavy atom. The van der Waals surface area contributed by atoms with Crippen molar-refractivity contribution in [3.05, 3.63) is 40.7 Å². The van der Waals surface area contributed by atoms with Crippen molar-refractivity contribution in [3.63, 3.8) is 0 Å². The van der Waals surface area contributed by atoms with Crippen LogP contribution in [0.5, 0.6) is 11.5 Å². The van der Waals surface area contributed by atoms with Crippen molar-refractivity contribution in [2.75, 3.05) is 14.2 Å². The van der Waals surface area contributed by atoms with E-state index in [1.807, 2.05) is 6.07 Å². The van der Waals surface area contributed by atoms with Crippen LogP contribution in [0.1, 0.15) is 47.7 Å². The van der Waals surface area contributed by atoms with Crippen LogP contribution in [0.2, 0.25) is 0 Å². The van der Waals surface area contributed by atoms with Gasteiger partial charge < -0.3 is 9.47 Å². The summed E-state index contributed by atoms with van der Waals surface area (Å²) in [5.74, 6) is 2.05. The third kappa shape index (κ3) is 2.34. The molecule has 0 amide bonds. The maximum Gasteiger partial charge on any atom is 0.122 e. The van der Waals surface area contributed by atoms with Gasteiger partial charge in [-0.3, -0.25) is 5.10 Å². The summed E-state index contributed by atoms with van der Waals surface area (Å²) >= 11 is 0. The number of nitrogens with one attached hydrogen (secondary N) is 1. The second-order valence-corrected chi connectivity index (χ2v) is 6.81. The molecule has 24 heavy (non-hydrogen) atoms. The average molecular weight is 323 g/mol. The zero-order chi connectivity index (χ0) is 16.7. The zero-order valence-corrected chi connectivity index (χ0v) is 14.1. The van der Waals surface area contributed by atoms with Gasteiger partial charge in [-0.2, -0.15) is 10.4 Å². The molecule has 1 atom stereocenters. The molecule has 1 heterocycles. The van der Waals surface area contributed by atoms with Crippen molar-refractivity contribution >= 4 is 0 Å². The number of aromatic nitrogens is 2. The predicted octanol–water partition coefficient (Wildman–Crippen LogP) is 3.25. The minimum atomic E-state index is -0.309. The van der Waals surface area contributed by atoms with Crippen LogP contribution in [0.4, 0.5) is 0 Å². The van der Waals surface area contributed by atoms with Crippen LogP contribution in [0.25, 0.3) is 0 Å². The molecule has 4 rings (SSSR count). The Hall–Kier alpha value is -2.48. The van der Waals surface area contributed by atoms with Crippen LogP contribution in [-0.2, 0) is 18.3 Å². The maximum atomic E-state index is 9.44. The number of ether oxygens (including phenoxy) is 2. The highest BCUT2D eigenvalue weighted by atomic mass is 16.5. The molecule has 0 bridgehead atoms. The van der Waals surface area contributed by atoms with E-state index in [0.29, 0.717) is 5.92 Å². The summed E-state index contributed by atoms with van der Waals surface area (Å²) in [7, 11) is 3.35. The number of hydrogen-bond donors (Lipinski definition) is 1. The van der Waals surface area contributed by atoms with Crippen LogP contribution in [0, 0.1) is 11.3 Å². The van der Waals surface area contributed by atoms with Gasteiger partial charge in [-0.15, -0.1) is 0 Å². The van der Waals surface area contributed by atoms with E-state index in [-0.39, 0.29) is 5.41 Å². The van der Waals surface area contributed by atoms with Gasteiger partial charge in [0.05, 0.1) is 26.0 Å². The first-order valence-corrected chi connectivity index (χ1v) is 8.40. The molecule has 1 aromatic heterocycles. The van der Waals surface area contributed by atoms with E-state index in [1.54, 1.807) is 14.2 Å². The Kier molecular flexibility index (Phi) is 3.49. The van der Waals surface area contributed by atoms with Crippen molar-refractivity contribution in [2.24, 2.45) is 0 Å². The van der Waals surface area contributed by atoms with E-state index in [9.17, 15) is 5.26 Å². The van der Waals surface area contributed by atoms with Crippen molar-refractivity contribution in [2.45, 2.75) is 43.4 Å². The van der Waals surface area contributed by atoms with E-state index in [0.717, 1.165) is 49.3 Å². The number of H-pyrrole nitrogens is 1. The highest BCUT2D eigenvalue weighted by Gasteiger charge is 2.49. The number of aromatic amines is 1. The molecule has 5 heteroatoms. The Labute approximate surface area is 141 Å². The molecule has 0 aliphatic heterocycles. The molecule has 1 saturated carbocycles. The lowest BCUT2D eigenvalue weighted by Crippen LogP contribution is -2.15. The topological polar surface area (TPSA) is 70.9 Å². The summed E-state index contributed by atoms with van der Waals surface area (Å²) in [4.78, 5) is 0. The molecule has 0 spiro atoms. The number of rotatable bonds is 4. The fourth-order valence-electron chi connectivity index (χ4n) is 3.78. The quantitative estimate of drug-likeness (QED) is 0.937. The summed E-state index contributed by atoms with van der Waals surface area (Å²) in [5, 5.41) is 17.1. The summed E-state index contributed by atoms with van der Waals surface area (Å²) < 4.78 is 10.8. The largest absolute Gasteiger partial charge is 0.497 e. The van der Waals surface area contributed by atoms with Crippen LogP contribution >= 0.6 is 0 Å². The highest BCUT2D eigenvalue weighted by molar-refractivity contribution is 5.45. The lowest BCUT2D eigenvalue weighted by atomic mass is 9.81. The van der Waals surface area contributed by atoms with Gasteiger partial charge in [0.15, 0.2) is 0 Å². The zero-order valence-electron chi connectivity index (χ0n) is 14.1. The summed E-state index contributed by atoms with van der Waals surface area (Å²) in [6, 6.07) is 8.54. The van der Waals surface area contributed by atoms with Gasteiger partial charge in [-0.1, -0.05) is 0 Å². The average Bonchev–Trinajstić information content (AvgIpc) is 3.32. The summed E-state index contributed by atoms with van der Waals surface area (Å²) in [6.45, 7) is 0. The molecule has 1 unspecified atom stereocenters. The summed E-state index contributed by atoms with van der Waals surface area (Å²) in [6.07, 6.45) is 4.82. The van der Waals surface area contributed by atoms with Gasteiger partial charge in [-0.05, 0) is 61.3 Å². The van der Waals surface area contributed by atoms with E-state index in [4.69, 9.17) is 9.47 Å². The predicted molar refractivity (Wildman–Crippen MR) is 89.4 cm³/mol. The molecule has 2 aliphatic carbocycles. The Bertz CT molecular complexity index is 792. The van der Waals surface area contributed by atoms with Crippen LogP contribution in [0.3, 0.4) is 0 Å². The van der Waals surface area contributed by atoms with Gasteiger partial charge in [-0.25, -0.2) is 0 Å². The number of benzene rings is 1. The van der Waals surface area contributed by atoms with Crippen molar-refractivity contribution in [3.8, 4) is 17.6 Å². The number of fused-ring (bicyclic) bond motifs is 1. The van der Waals surface area contributed by atoms with Gasteiger partial charge in [0.1, 0.15) is 16.9 Å². The molecular formula is C19H21N3O2. The molecule has 5 nitrogen and oxygen atoms in total. The van der Waals surface area contributed by atoms with Gasteiger partial charge in [0.2, 0.25) is 0 Å².